The zero-order valence-corrected chi connectivity index (χ0v) is 12.0. The predicted molar refractivity (Wildman–Crippen MR) is 73.6 cm³/mol. The summed E-state index contributed by atoms with van der Waals surface area (Å²) >= 11 is 6.14. The Morgan fingerprint density at radius 2 is 1.89 bits per heavy atom. The van der Waals surface area contributed by atoms with Gasteiger partial charge in [0.25, 0.3) is 0 Å². The number of benzene rings is 1. The van der Waals surface area contributed by atoms with Crippen molar-refractivity contribution in [1.29, 1.82) is 0 Å². The molecule has 0 saturated heterocycles. The summed E-state index contributed by atoms with van der Waals surface area (Å²) in [5, 5.41) is 4.10. The first-order valence-corrected chi connectivity index (χ1v) is 6.43. The smallest absolute Gasteiger partial charge is 0.309 e. The normalized spacial score (nSPS) is 15.8. The first-order valence-electron chi connectivity index (χ1n) is 6.05. The molecule has 4 heteroatoms. The number of hydrogen-bond acceptors (Lipinski definition) is 3. The summed E-state index contributed by atoms with van der Waals surface area (Å²) in [6, 6.07) is 7.80. The van der Waals surface area contributed by atoms with Crippen molar-refractivity contribution in [3.05, 3.63) is 34.9 Å². The third-order valence-corrected chi connectivity index (χ3v) is 3.55. The highest BCUT2D eigenvalue weighted by Crippen LogP contribution is 2.23. The van der Waals surface area contributed by atoms with Crippen molar-refractivity contribution in [2.24, 2.45) is 5.92 Å². The molecule has 0 fully saturated rings. The SMILES string of the molecule is COC(=O)C(C)C(C)N[C@H](C)c1ccccc1Cl. The van der Waals surface area contributed by atoms with Gasteiger partial charge in [-0.1, -0.05) is 36.7 Å². The molecule has 1 N–H and O–H groups in total. The molecule has 0 heterocycles. The fraction of sp³-hybridized carbons (Fsp3) is 0.500. The number of carbonyl (C=O) groups excluding carboxylic acids is 1. The number of rotatable bonds is 5. The van der Waals surface area contributed by atoms with E-state index in [1.807, 2.05) is 45.0 Å². The summed E-state index contributed by atoms with van der Waals surface area (Å²) in [7, 11) is 1.41. The Bertz CT molecular complexity index is 409. The lowest BCUT2D eigenvalue weighted by Crippen LogP contribution is -2.38. The number of hydrogen-bond donors (Lipinski definition) is 1. The molecule has 0 spiro atoms. The largest absolute Gasteiger partial charge is 0.469 e. The second kappa shape index (κ2) is 6.76. The minimum absolute atomic E-state index is 0.0173. The second-order valence-corrected chi connectivity index (χ2v) is 4.92. The van der Waals surface area contributed by atoms with Crippen LogP contribution in [-0.4, -0.2) is 19.1 Å². The molecule has 3 atom stereocenters. The number of ether oxygens (including phenoxy) is 1. The lowest BCUT2D eigenvalue weighted by Gasteiger charge is -2.24. The topological polar surface area (TPSA) is 38.3 Å². The Labute approximate surface area is 113 Å². The van der Waals surface area contributed by atoms with Gasteiger partial charge < -0.3 is 10.1 Å². The van der Waals surface area contributed by atoms with Crippen molar-refractivity contribution in [2.75, 3.05) is 7.11 Å². The maximum absolute atomic E-state index is 11.4. The summed E-state index contributed by atoms with van der Waals surface area (Å²) in [5.74, 6) is -0.402. The van der Waals surface area contributed by atoms with E-state index >= 15 is 0 Å². The lowest BCUT2D eigenvalue weighted by atomic mass is 10.0. The molecule has 3 nitrogen and oxygen atoms in total. The zero-order valence-electron chi connectivity index (χ0n) is 11.2. The van der Waals surface area contributed by atoms with Crippen molar-refractivity contribution in [3.8, 4) is 0 Å². The molecular formula is C14H20ClNO2. The van der Waals surface area contributed by atoms with Crippen LogP contribution in [0.3, 0.4) is 0 Å². The lowest BCUT2D eigenvalue weighted by molar-refractivity contribution is -0.145. The molecule has 100 valence electrons. The average Bonchev–Trinajstić information content (AvgIpc) is 2.37. The number of methoxy groups -OCH3 is 1. The summed E-state index contributed by atoms with van der Waals surface area (Å²) in [6.07, 6.45) is 0. The summed E-state index contributed by atoms with van der Waals surface area (Å²) in [6.45, 7) is 5.85. The minimum atomic E-state index is -0.207. The van der Waals surface area contributed by atoms with E-state index in [-0.39, 0.29) is 24.0 Å². The standard InChI is InChI=1S/C14H20ClNO2/c1-9(14(17)18-4)10(2)16-11(3)12-7-5-6-8-13(12)15/h5-11,16H,1-4H3/t9?,10?,11-/m1/s1. The molecule has 1 rings (SSSR count). The molecule has 0 aromatic heterocycles. The fourth-order valence-corrected chi connectivity index (χ4v) is 2.14. The Morgan fingerprint density at radius 1 is 1.28 bits per heavy atom. The fourth-order valence-electron chi connectivity index (χ4n) is 1.84. The maximum Gasteiger partial charge on any atom is 0.309 e. The van der Waals surface area contributed by atoms with Gasteiger partial charge in [0.15, 0.2) is 0 Å². The molecule has 0 aliphatic rings. The molecule has 1 aromatic rings. The monoisotopic (exact) mass is 269 g/mol. The summed E-state index contributed by atoms with van der Waals surface area (Å²) < 4.78 is 4.74. The van der Waals surface area contributed by atoms with Crippen LogP contribution in [0.25, 0.3) is 0 Å². The molecule has 0 aliphatic heterocycles. The highest BCUT2D eigenvalue weighted by molar-refractivity contribution is 6.31. The summed E-state index contributed by atoms with van der Waals surface area (Å²) in [5.41, 5.74) is 1.03. The molecule has 0 radical (unpaired) electrons. The van der Waals surface area contributed by atoms with Crippen molar-refractivity contribution in [3.63, 3.8) is 0 Å². The van der Waals surface area contributed by atoms with E-state index in [0.717, 1.165) is 10.6 Å². The van der Waals surface area contributed by atoms with Gasteiger partial charge in [-0.25, -0.2) is 0 Å². The van der Waals surface area contributed by atoms with Gasteiger partial charge >= 0.3 is 5.97 Å². The van der Waals surface area contributed by atoms with Gasteiger partial charge in [-0.3, -0.25) is 4.79 Å². The van der Waals surface area contributed by atoms with E-state index in [0.29, 0.717) is 0 Å². The van der Waals surface area contributed by atoms with Crippen LogP contribution in [0.1, 0.15) is 32.4 Å². The Morgan fingerprint density at radius 3 is 2.44 bits per heavy atom. The average molecular weight is 270 g/mol. The van der Waals surface area contributed by atoms with Crippen LogP contribution >= 0.6 is 11.6 Å². The third-order valence-electron chi connectivity index (χ3n) is 3.21. The van der Waals surface area contributed by atoms with Crippen LogP contribution in [0, 0.1) is 5.92 Å². The summed E-state index contributed by atoms with van der Waals surface area (Å²) in [4.78, 5) is 11.4. The molecular weight excluding hydrogens is 250 g/mol. The molecule has 0 aliphatic carbocycles. The van der Waals surface area contributed by atoms with E-state index in [1.54, 1.807) is 0 Å². The van der Waals surface area contributed by atoms with Crippen LogP contribution in [0.15, 0.2) is 24.3 Å². The van der Waals surface area contributed by atoms with E-state index in [9.17, 15) is 4.79 Å². The molecule has 18 heavy (non-hydrogen) atoms. The van der Waals surface area contributed by atoms with Crippen LogP contribution in [0.5, 0.6) is 0 Å². The van der Waals surface area contributed by atoms with Gasteiger partial charge in [0.2, 0.25) is 0 Å². The van der Waals surface area contributed by atoms with Crippen LogP contribution in [0.2, 0.25) is 5.02 Å². The van der Waals surface area contributed by atoms with Gasteiger partial charge in [0, 0.05) is 17.1 Å². The first kappa shape index (κ1) is 15.0. The van der Waals surface area contributed by atoms with E-state index in [2.05, 4.69) is 5.32 Å². The van der Waals surface area contributed by atoms with Crippen molar-refractivity contribution in [1.82, 2.24) is 5.32 Å². The molecule has 1 aromatic carbocycles. The maximum atomic E-state index is 11.4. The predicted octanol–water partition coefficient (Wildman–Crippen LogP) is 3.19. The number of nitrogens with one attached hydrogen (secondary N) is 1. The number of esters is 1. The third kappa shape index (κ3) is 3.72. The molecule has 2 unspecified atom stereocenters. The van der Waals surface area contributed by atoms with Crippen LogP contribution in [0.4, 0.5) is 0 Å². The molecule has 0 saturated carbocycles. The minimum Gasteiger partial charge on any atom is -0.469 e. The van der Waals surface area contributed by atoms with Crippen molar-refractivity contribution in [2.45, 2.75) is 32.9 Å². The first-order chi connectivity index (χ1) is 8.47. The van der Waals surface area contributed by atoms with E-state index in [4.69, 9.17) is 16.3 Å². The Hall–Kier alpha value is -1.06. The van der Waals surface area contributed by atoms with Crippen LogP contribution < -0.4 is 5.32 Å². The Kier molecular flexibility index (Phi) is 5.63. The Balaban J connectivity index is 2.68. The van der Waals surface area contributed by atoms with E-state index in [1.165, 1.54) is 7.11 Å². The quantitative estimate of drug-likeness (QED) is 0.835. The van der Waals surface area contributed by atoms with Gasteiger partial charge in [-0.05, 0) is 25.5 Å². The van der Waals surface area contributed by atoms with E-state index < -0.39 is 0 Å². The van der Waals surface area contributed by atoms with Crippen LogP contribution in [-0.2, 0) is 9.53 Å². The van der Waals surface area contributed by atoms with Gasteiger partial charge in [-0.15, -0.1) is 0 Å². The van der Waals surface area contributed by atoms with Crippen molar-refractivity contribution >= 4 is 17.6 Å². The second-order valence-electron chi connectivity index (χ2n) is 4.51. The van der Waals surface area contributed by atoms with Crippen molar-refractivity contribution < 1.29 is 9.53 Å². The number of halogens is 1. The molecule has 0 amide bonds. The highest BCUT2D eigenvalue weighted by Gasteiger charge is 2.22. The highest BCUT2D eigenvalue weighted by atomic mass is 35.5. The number of carbonyl (C=O) groups is 1. The van der Waals surface area contributed by atoms with Gasteiger partial charge in [0.05, 0.1) is 13.0 Å². The van der Waals surface area contributed by atoms with Gasteiger partial charge in [-0.2, -0.15) is 0 Å². The van der Waals surface area contributed by atoms with Gasteiger partial charge in [0.1, 0.15) is 0 Å². The zero-order chi connectivity index (χ0) is 13.7. The molecule has 0 bridgehead atoms.